The van der Waals surface area contributed by atoms with Gasteiger partial charge in [-0.2, -0.15) is 5.10 Å². The summed E-state index contributed by atoms with van der Waals surface area (Å²) in [6.07, 6.45) is 0.485. The first-order valence-corrected chi connectivity index (χ1v) is 11.9. The molecule has 1 aromatic heterocycles. The molecule has 4 nitrogen and oxygen atoms in total. The second-order valence-corrected chi connectivity index (χ2v) is 9.59. The van der Waals surface area contributed by atoms with Crippen LogP contribution in [0, 0.1) is 0 Å². The molecule has 0 amide bonds. The number of halogens is 2. The van der Waals surface area contributed by atoms with Gasteiger partial charge in [0.15, 0.2) is 0 Å². The second kappa shape index (κ2) is 7.78. The molecule has 3 heterocycles. The van der Waals surface area contributed by atoms with E-state index in [2.05, 4.69) is 72.6 Å². The number of hydrogen-bond donors (Lipinski definition) is 0. The van der Waals surface area contributed by atoms with Crippen molar-refractivity contribution in [2.75, 3.05) is 6.61 Å². The number of thiophene rings is 1. The molecule has 2 aliphatic rings. The van der Waals surface area contributed by atoms with Crippen molar-refractivity contribution in [1.82, 2.24) is 5.01 Å². The van der Waals surface area contributed by atoms with Crippen LogP contribution in [0.1, 0.15) is 41.6 Å². The lowest BCUT2D eigenvalue weighted by Gasteiger charge is -2.38. The summed E-state index contributed by atoms with van der Waals surface area (Å²) in [5, 5.41) is 9.20. The largest absolute Gasteiger partial charge is 0.492 e. The Morgan fingerprint density at radius 2 is 2.03 bits per heavy atom. The van der Waals surface area contributed by atoms with Crippen LogP contribution in [0.25, 0.3) is 0 Å². The number of ether oxygens (including phenoxy) is 2. The summed E-state index contributed by atoms with van der Waals surface area (Å²) in [6.45, 7) is 2.56. The summed E-state index contributed by atoms with van der Waals surface area (Å²) in [4.78, 5) is 1.20. The molecule has 0 spiro atoms. The quantitative estimate of drug-likeness (QED) is 0.365. The van der Waals surface area contributed by atoms with Crippen molar-refractivity contribution in [1.29, 1.82) is 0 Å². The smallest absolute Gasteiger partial charge is 0.217 e. The molecule has 5 rings (SSSR count). The molecule has 0 saturated heterocycles. The van der Waals surface area contributed by atoms with Crippen LogP contribution in [-0.4, -0.2) is 17.3 Å². The molecule has 2 aliphatic heterocycles. The number of nitrogens with zero attached hydrogens (tertiary/aromatic N) is 2. The van der Waals surface area contributed by atoms with E-state index in [-0.39, 0.29) is 12.3 Å². The number of para-hydroxylation sites is 1. The van der Waals surface area contributed by atoms with Crippen LogP contribution in [-0.2, 0) is 0 Å². The van der Waals surface area contributed by atoms with Gasteiger partial charge in [-0.15, -0.1) is 11.3 Å². The van der Waals surface area contributed by atoms with Crippen molar-refractivity contribution in [2.24, 2.45) is 5.10 Å². The molecule has 3 aromatic rings. The Hall–Kier alpha value is -1.83. The summed E-state index contributed by atoms with van der Waals surface area (Å²) >= 11 is 8.99. The van der Waals surface area contributed by atoms with Crippen LogP contribution >= 0.6 is 43.2 Å². The minimum absolute atomic E-state index is 0.134. The van der Waals surface area contributed by atoms with Crippen LogP contribution in [0.4, 0.5) is 0 Å². The molecule has 29 heavy (non-hydrogen) atoms. The van der Waals surface area contributed by atoms with E-state index in [4.69, 9.17) is 14.6 Å². The summed E-state index contributed by atoms with van der Waals surface area (Å²) in [6, 6.07) is 16.6. The van der Waals surface area contributed by atoms with Crippen LogP contribution in [0.2, 0.25) is 0 Å². The highest BCUT2D eigenvalue weighted by Crippen LogP contribution is 2.50. The summed E-state index contributed by atoms with van der Waals surface area (Å²) in [5.41, 5.74) is 3.22. The van der Waals surface area contributed by atoms with Crippen molar-refractivity contribution in [3.63, 3.8) is 0 Å². The van der Waals surface area contributed by atoms with Crippen molar-refractivity contribution >= 4 is 48.9 Å². The standard InChI is InChI=1S/C22H18Br2N2O2S/c1-2-27-21-15(10-13(23)11-16(21)24)22-26-18(14-6-3-4-7-19(14)28-22)12-17(25-26)20-8-5-9-29-20/h3-11,18,22H,2,12H2,1H3. The van der Waals surface area contributed by atoms with Gasteiger partial charge < -0.3 is 9.47 Å². The normalized spacial score (nSPS) is 20.0. The van der Waals surface area contributed by atoms with E-state index in [0.717, 1.165) is 38.1 Å². The molecule has 0 saturated carbocycles. The van der Waals surface area contributed by atoms with Gasteiger partial charge in [-0.25, -0.2) is 5.01 Å². The number of hydrazone groups is 1. The van der Waals surface area contributed by atoms with E-state index in [1.54, 1.807) is 11.3 Å². The Labute approximate surface area is 190 Å². The zero-order valence-corrected chi connectivity index (χ0v) is 19.6. The van der Waals surface area contributed by atoms with Crippen LogP contribution < -0.4 is 9.47 Å². The van der Waals surface area contributed by atoms with E-state index < -0.39 is 0 Å². The number of benzene rings is 2. The predicted molar refractivity (Wildman–Crippen MR) is 123 cm³/mol. The first-order valence-electron chi connectivity index (χ1n) is 9.42. The monoisotopic (exact) mass is 532 g/mol. The average Bonchev–Trinajstić information content (AvgIpc) is 3.39. The third-order valence-electron chi connectivity index (χ3n) is 5.10. The molecule has 2 atom stereocenters. The van der Waals surface area contributed by atoms with Gasteiger partial charge >= 0.3 is 0 Å². The van der Waals surface area contributed by atoms with Gasteiger partial charge in [-0.3, -0.25) is 0 Å². The lowest BCUT2D eigenvalue weighted by Crippen LogP contribution is -2.34. The summed E-state index contributed by atoms with van der Waals surface area (Å²) in [5.74, 6) is 1.69. The van der Waals surface area contributed by atoms with E-state index in [0.29, 0.717) is 6.61 Å². The molecular formula is C22H18Br2N2O2S. The molecule has 148 valence electrons. The maximum absolute atomic E-state index is 6.50. The van der Waals surface area contributed by atoms with Crippen molar-refractivity contribution in [2.45, 2.75) is 25.6 Å². The molecule has 2 aromatic carbocycles. The maximum Gasteiger partial charge on any atom is 0.217 e. The zero-order valence-electron chi connectivity index (χ0n) is 15.6. The molecular weight excluding hydrogens is 516 g/mol. The molecule has 0 bridgehead atoms. The number of rotatable bonds is 4. The lowest BCUT2D eigenvalue weighted by molar-refractivity contribution is -0.0206. The van der Waals surface area contributed by atoms with E-state index >= 15 is 0 Å². The Bertz CT molecular complexity index is 1080. The topological polar surface area (TPSA) is 34.1 Å². The highest BCUT2D eigenvalue weighted by atomic mass is 79.9. The molecule has 7 heteroatoms. The summed E-state index contributed by atoms with van der Waals surface area (Å²) < 4.78 is 14.3. The Morgan fingerprint density at radius 1 is 1.17 bits per heavy atom. The molecule has 0 radical (unpaired) electrons. The fraction of sp³-hybridized carbons (Fsp3) is 0.227. The van der Waals surface area contributed by atoms with Crippen LogP contribution in [0.5, 0.6) is 11.5 Å². The Balaban J connectivity index is 1.65. The van der Waals surface area contributed by atoms with Gasteiger partial charge in [0.2, 0.25) is 6.23 Å². The minimum atomic E-state index is -0.372. The third-order valence-corrected chi connectivity index (χ3v) is 7.06. The second-order valence-electron chi connectivity index (χ2n) is 6.87. The van der Waals surface area contributed by atoms with E-state index in [1.165, 1.54) is 10.4 Å². The van der Waals surface area contributed by atoms with Gasteiger partial charge in [0.1, 0.15) is 11.5 Å². The average molecular weight is 534 g/mol. The van der Waals surface area contributed by atoms with E-state index in [1.807, 2.05) is 25.1 Å². The molecule has 0 fully saturated rings. The third kappa shape index (κ3) is 3.39. The fourth-order valence-corrected chi connectivity index (χ4v) is 5.99. The van der Waals surface area contributed by atoms with Crippen molar-refractivity contribution < 1.29 is 9.47 Å². The number of fused-ring (bicyclic) bond motifs is 3. The van der Waals surface area contributed by atoms with Gasteiger partial charge in [-0.1, -0.05) is 40.2 Å². The minimum Gasteiger partial charge on any atom is -0.492 e. The lowest BCUT2D eigenvalue weighted by atomic mass is 9.97. The molecule has 0 aliphatic carbocycles. The van der Waals surface area contributed by atoms with E-state index in [9.17, 15) is 0 Å². The number of hydrogen-bond acceptors (Lipinski definition) is 5. The zero-order chi connectivity index (χ0) is 20.0. The Kier molecular flexibility index (Phi) is 5.14. The van der Waals surface area contributed by atoms with Gasteiger partial charge in [0.05, 0.1) is 33.3 Å². The first-order chi connectivity index (χ1) is 14.2. The van der Waals surface area contributed by atoms with Crippen LogP contribution in [0.3, 0.4) is 0 Å². The first kappa shape index (κ1) is 19.2. The molecule has 2 unspecified atom stereocenters. The van der Waals surface area contributed by atoms with Crippen LogP contribution in [0.15, 0.2) is 68.0 Å². The Morgan fingerprint density at radius 3 is 2.83 bits per heavy atom. The van der Waals surface area contributed by atoms with Crippen molar-refractivity contribution in [3.8, 4) is 11.5 Å². The highest BCUT2D eigenvalue weighted by Gasteiger charge is 2.42. The maximum atomic E-state index is 6.50. The summed E-state index contributed by atoms with van der Waals surface area (Å²) in [7, 11) is 0. The molecule has 0 N–H and O–H groups in total. The van der Waals surface area contributed by atoms with Crippen molar-refractivity contribution in [3.05, 3.63) is 78.9 Å². The van der Waals surface area contributed by atoms with Gasteiger partial charge in [-0.05, 0) is 52.5 Å². The predicted octanol–water partition coefficient (Wildman–Crippen LogP) is 6.91. The van der Waals surface area contributed by atoms with Gasteiger partial charge in [0.25, 0.3) is 0 Å². The highest BCUT2D eigenvalue weighted by molar-refractivity contribution is 9.11. The fourth-order valence-electron chi connectivity index (χ4n) is 3.89. The SMILES string of the molecule is CCOc1c(Br)cc(Br)cc1C1Oc2ccccc2C2CC(c3cccs3)=NN21. The van der Waals surface area contributed by atoms with Gasteiger partial charge in [0, 0.05) is 16.5 Å².